The van der Waals surface area contributed by atoms with Gasteiger partial charge in [0.2, 0.25) is 0 Å². The third-order valence-electron chi connectivity index (χ3n) is 3.13. The molecule has 2 N–H and O–H groups in total. The molecule has 0 radical (unpaired) electrons. The van der Waals surface area contributed by atoms with Gasteiger partial charge in [0.1, 0.15) is 21.5 Å². The number of ether oxygens (including phenoxy) is 1. The van der Waals surface area contributed by atoms with Gasteiger partial charge in [0.05, 0.1) is 18.4 Å². The number of methoxy groups -OCH3 is 1. The highest BCUT2D eigenvalue weighted by Gasteiger charge is 2.11. The third-order valence-corrected chi connectivity index (χ3v) is 4.88. The van der Waals surface area contributed by atoms with Crippen molar-refractivity contribution in [3.05, 3.63) is 41.4 Å². The number of aryl methyl sites for hydroxylation is 1. The van der Waals surface area contributed by atoms with Gasteiger partial charge in [-0.3, -0.25) is 4.68 Å². The highest BCUT2D eigenvalue weighted by atomic mass is 32.2. The lowest BCUT2D eigenvalue weighted by Gasteiger charge is -2.10. The fourth-order valence-electron chi connectivity index (χ4n) is 1.97. The van der Waals surface area contributed by atoms with E-state index in [1.54, 1.807) is 10.7 Å². The number of carboxylic acid groups (broad SMARTS) is 1. The molecular formula is C15H14N4O3S2. The number of hydrogen-bond acceptors (Lipinski definition) is 7. The number of carboxylic acids is 1. The number of rotatable bonds is 6. The Bertz CT molecular complexity index is 875. The number of benzene rings is 1. The molecule has 0 unspecified atom stereocenters. The third kappa shape index (κ3) is 3.52. The van der Waals surface area contributed by atoms with Crippen LogP contribution in [0.15, 0.2) is 40.9 Å². The monoisotopic (exact) mass is 362 g/mol. The van der Waals surface area contributed by atoms with Crippen LogP contribution in [-0.4, -0.2) is 33.0 Å². The van der Waals surface area contributed by atoms with Crippen LogP contribution in [0.5, 0.6) is 5.75 Å². The summed E-state index contributed by atoms with van der Waals surface area (Å²) in [5, 5.41) is 16.9. The van der Waals surface area contributed by atoms with Gasteiger partial charge < -0.3 is 14.6 Å². The van der Waals surface area contributed by atoms with Gasteiger partial charge in [-0.05, 0) is 24.3 Å². The van der Waals surface area contributed by atoms with E-state index in [0.29, 0.717) is 11.4 Å². The van der Waals surface area contributed by atoms with Gasteiger partial charge in [0.25, 0.3) is 0 Å². The molecule has 2 heterocycles. The first-order chi connectivity index (χ1) is 11.6. The molecule has 3 rings (SSSR count). The predicted octanol–water partition coefficient (Wildman–Crippen LogP) is 3.37. The summed E-state index contributed by atoms with van der Waals surface area (Å²) in [6.45, 7) is 0. The molecule has 0 aliphatic heterocycles. The van der Waals surface area contributed by atoms with Crippen LogP contribution in [-0.2, 0) is 7.05 Å². The number of nitrogens with one attached hydrogen (secondary N) is 1. The van der Waals surface area contributed by atoms with Crippen molar-refractivity contribution in [2.45, 2.75) is 5.03 Å². The largest absolute Gasteiger partial charge is 0.495 e. The smallest absolute Gasteiger partial charge is 0.335 e. The van der Waals surface area contributed by atoms with Crippen molar-refractivity contribution in [1.82, 2.24) is 14.8 Å². The van der Waals surface area contributed by atoms with Crippen LogP contribution in [0.2, 0.25) is 0 Å². The van der Waals surface area contributed by atoms with Crippen LogP contribution in [0, 0.1) is 0 Å². The number of carbonyl (C=O) groups is 1. The standard InChI is InChI=1S/C15H14N4O3S2/c1-19-6-5-11(17-19)14-16-13(8-23-14)24-18-10-4-3-9(15(20)21)7-12(10)22-2/h3-8,18H,1-2H3,(H,20,21). The molecule has 1 aromatic carbocycles. The van der Waals surface area contributed by atoms with Crippen LogP contribution in [0.4, 0.5) is 5.69 Å². The van der Waals surface area contributed by atoms with Gasteiger partial charge in [-0.25, -0.2) is 9.78 Å². The summed E-state index contributed by atoms with van der Waals surface area (Å²) in [5.74, 6) is -0.533. The van der Waals surface area contributed by atoms with E-state index in [0.717, 1.165) is 15.7 Å². The molecule has 0 fully saturated rings. The Balaban J connectivity index is 1.72. The summed E-state index contributed by atoms with van der Waals surface area (Å²) < 4.78 is 10.1. The Labute approximate surface area is 146 Å². The Morgan fingerprint density at radius 2 is 2.25 bits per heavy atom. The van der Waals surface area contributed by atoms with E-state index >= 15 is 0 Å². The Morgan fingerprint density at radius 3 is 2.92 bits per heavy atom. The van der Waals surface area contributed by atoms with Crippen LogP contribution in [0.3, 0.4) is 0 Å². The van der Waals surface area contributed by atoms with Crippen molar-refractivity contribution in [3.8, 4) is 16.5 Å². The van der Waals surface area contributed by atoms with E-state index in [1.165, 1.54) is 42.5 Å². The zero-order chi connectivity index (χ0) is 17.1. The second-order valence-electron chi connectivity index (χ2n) is 4.79. The van der Waals surface area contributed by atoms with Gasteiger partial charge in [0.15, 0.2) is 0 Å². The lowest BCUT2D eigenvalue weighted by Crippen LogP contribution is -1.99. The van der Waals surface area contributed by atoms with Gasteiger partial charge >= 0.3 is 5.97 Å². The maximum atomic E-state index is 11.0. The van der Waals surface area contributed by atoms with E-state index in [1.807, 2.05) is 24.7 Å². The first-order valence-corrected chi connectivity index (χ1v) is 8.56. The summed E-state index contributed by atoms with van der Waals surface area (Å²) in [6, 6.07) is 6.58. The van der Waals surface area contributed by atoms with E-state index in [9.17, 15) is 4.79 Å². The molecule has 2 aromatic heterocycles. The summed E-state index contributed by atoms with van der Waals surface area (Å²) >= 11 is 2.84. The number of aromatic carboxylic acids is 1. The number of thiazole rings is 1. The maximum Gasteiger partial charge on any atom is 0.335 e. The molecule has 0 atom stereocenters. The van der Waals surface area contributed by atoms with E-state index < -0.39 is 5.97 Å². The maximum absolute atomic E-state index is 11.0. The summed E-state index contributed by atoms with van der Waals surface area (Å²) in [7, 11) is 3.36. The number of nitrogens with zero attached hydrogens (tertiary/aromatic N) is 3. The topological polar surface area (TPSA) is 89.3 Å². The zero-order valence-electron chi connectivity index (χ0n) is 12.9. The van der Waals surface area contributed by atoms with E-state index in [4.69, 9.17) is 9.84 Å². The van der Waals surface area contributed by atoms with Gasteiger partial charge in [-0.1, -0.05) is 0 Å². The average Bonchev–Trinajstić information content (AvgIpc) is 3.21. The van der Waals surface area contributed by atoms with Crippen molar-refractivity contribution in [3.63, 3.8) is 0 Å². The minimum atomic E-state index is -0.994. The molecule has 0 spiro atoms. The molecule has 0 amide bonds. The lowest BCUT2D eigenvalue weighted by molar-refractivity contribution is 0.0696. The molecule has 24 heavy (non-hydrogen) atoms. The van der Waals surface area contributed by atoms with E-state index in [2.05, 4.69) is 14.8 Å². The molecule has 0 saturated carbocycles. The fourth-order valence-corrected chi connectivity index (χ4v) is 3.53. The molecule has 7 nitrogen and oxygen atoms in total. The minimum Gasteiger partial charge on any atom is -0.495 e. The summed E-state index contributed by atoms with van der Waals surface area (Å²) in [4.78, 5) is 15.5. The predicted molar refractivity (Wildman–Crippen MR) is 93.7 cm³/mol. The van der Waals surface area contributed by atoms with Crippen LogP contribution >= 0.6 is 23.3 Å². The number of aromatic nitrogens is 3. The van der Waals surface area contributed by atoms with Gasteiger partial charge in [0, 0.05) is 30.6 Å². The highest BCUT2D eigenvalue weighted by Crippen LogP contribution is 2.32. The summed E-state index contributed by atoms with van der Waals surface area (Å²) in [6.07, 6.45) is 1.87. The van der Waals surface area contributed by atoms with Crippen molar-refractivity contribution in [2.75, 3.05) is 11.8 Å². The Kier molecular flexibility index (Phi) is 4.72. The molecule has 3 aromatic rings. The summed E-state index contributed by atoms with van der Waals surface area (Å²) in [5.41, 5.74) is 1.69. The molecule has 0 saturated heterocycles. The molecule has 0 aliphatic carbocycles. The first-order valence-electron chi connectivity index (χ1n) is 6.86. The minimum absolute atomic E-state index is 0.175. The van der Waals surface area contributed by atoms with Crippen LogP contribution < -0.4 is 9.46 Å². The Hall–Kier alpha value is -2.52. The first kappa shape index (κ1) is 16.3. The molecular weight excluding hydrogens is 348 g/mol. The highest BCUT2D eigenvalue weighted by molar-refractivity contribution is 8.00. The van der Waals surface area contributed by atoms with Crippen molar-refractivity contribution in [1.29, 1.82) is 0 Å². The van der Waals surface area contributed by atoms with Crippen LogP contribution in [0.1, 0.15) is 10.4 Å². The molecule has 9 heteroatoms. The zero-order valence-corrected chi connectivity index (χ0v) is 14.5. The van der Waals surface area contributed by atoms with Crippen LogP contribution in [0.25, 0.3) is 10.7 Å². The fraction of sp³-hybridized carbons (Fsp3) is 0.133. The number of anilines is 1. The van der Waals surface area contributed by atoms with Gasteiger partial charge in [-0.15, -0.1) is 11.3 Å². The Morgan fingerprint density at radius 1 is 1.42 bits per heavy atom. The average molecular weight is 362 g/mol. The number of hydrogen-bond donors (Lipinski definition) is 2. The van der Waals surface area contributed by atoms with Crippen molar-refractivity contribution in [2.24, 2.45) is 7.05 Å². The van der Waals surface area contributed by atoms with Gasteiger partial charge in [-0.2, -0.15) is 5.10 Å². The second-order valence-corrected chi connectivity index (χ2v) is 6.47. The SMILES string of the molecule is COc1cc(C(=O)O)ccc1NSc1csc(-c2ccn(C)n2)n1. The van der Waals surface area contributed by atoms with Crippen molar-refractivity contribution >= 4 is 34.9 Å². The lowest BCUT2D eigenvalue weighted by atomic mass is 10.2. The van der Waals surface area contributed by atoms with E-state index in [-0.39, 0.29) is 5.56 Å². The molecule has 0 bridgehead atoms. The normalized spacial score (nSPS) is 10.6. The van der Waals surface area contributed by atoms with Crippen molar-refractivity contribution < 1.29 is 14.6 Å². The second kappa shape index (κ2) is 6.93. The molecule has 0 aliphatic rings. The molecule has 124 valence electrons. The quantitative estimate of drug-likeness (QED) is 0.650.